The number of nitrogens with one attached hydrogen (secondary N) is 1. The molecule has 0 spiro atoms. The van der Waals surface area contributed by atoms with Crippen LogP contribution < -0.4 is 10.2 Å². The van der Waals surface area contributed by atoms with Crippen molar-refractivity contribution in [1.29, 1.82) is 0 Å². The van der Waals surface area contributed by atoms with E-state index < -0.39 is 12.0 Å². The van der Waals surface area contributed by atoms with Crippen molar-refractivity contribution in [3.63, 3.8) is 0 Å². The van der Waals surface area contributed by atoms with Gasteiger partial charge in [-0.15, -0.1) is 0 Å². The molecular formula is C25H26FN5O3. The van der Waals surface area contributed by atoms with Gasteiger partial charge in [-0.1, -0.05) is 29.8 Å². The normalized spacial score (nSPS) is 15.2. The van der Waals surface area contributed by atoms with Crippen LogP contribution >= 0.6 is 0 Å². The van der Waals surface area contributed by atoms with E-state index in [2.05, 4.69) is 15.4 Å². The highest BCUT2D eigenvalue weighted by molar-refractivity contribution is 5.97. The zero-order valence-corrected chi connectivity index (χ0v) is 19.5. The first kappa shape index (κ1) is 23.2. The van der Waals surface area contributed by atoms with Gasteiger partial charge in [-0.05, 0) is 57.0 Å². The minimum Gasteiger partial charge on any atom is -0.463 e. The number of nitrogens with zero attached hydrogens (tertiary/aromatic N) is 4. The maximum atomic E-state index is 13.6. The Bertz CT molecular complexity index is 1270. The largest absolute Gasteiger partial charge is 0.463 e. The Kier molecular flexibility index (Phi) is 6.45. The van der Waals surface area contributed by atoms with E-state index in [0.717, 1.165) is 11.1 Å². The highest BCUT2D eigenvalue weighted by Crippen LogP contribution is 2.38. The Morgan fingerprint density at radius 2 is 1.85 bits per heavy atom. The van der Waals surface area contributed by atoms with Crippen LogP contribution in [0.3, 0.4) is 0 Å². The third-order valence-electron chi connectivity index (χ3n) is 5.75. The number of aryl methyl sites for hydroxylation is 2. The lowest BCUT2D eigenvalue weighted by atomic mass is 9.95. The number of fused-ring (bicyclic) bond motifs is 1. The topological polar surface area (TPSA) is 89.3 Å². The number of allylic oxidation sites excluding steroid dienone is 1. The molecule has 34 heavy (non-hydrogen) atoms. The first-order chi connectivity index (χ1) is 16.3. The molecule has 1 amide bonds. The molecule has 0 aliphatic carbocycles. The van der Waals surface area contributed by atoms with Crippen LogP contribution in [0, 0.1) is 19.7 Å². The molecule has 1 aliphatic heterocycles. The van der Waals surface area contributed by atoms with Gasteiger partial charge in [0.15, 0.2) is 0 Å². The van der Waals surface area contributed by atoms with Gasteiger partial charge in [-0.3, -0.25) is 4.79 Å². The molecule has 2 heterocycles. The van der Waals surface area contributed by atoms with E-state index >= 15 is 0 Å². The van der Waals surface area contributed by atoms with Crippen molar-refractivity contribution in [2.45, 2.75) is 33.7 Å². The first-order valence-corrected chi connectivity index (χ1v) is 11.0. The first-order valence-electron chi connectivity index (χ1n) is 11.0. The van der Waals surface area contributed by atoms with Crippen molar-refractivity contribution in [1.82, 2.24) is 14.8 Å². The quantitative estimate of drug-likeness (QED) is 0.558. The van der Waals surface area contributed by atoms with E-state index in [4.69, 9.17) is 4.74 Å². The number of esters is 1. The van der Waals surface area contributed by atoms with Gasteiger partial charge in [-0.2, -0.15) is 10.1 Å². The molecule has 1 atom stereocenters. The molecule has 0 radical (unpaired) electrons. The number of aromatic nitrogens is 3. The van der Waals surface area contributed by atoms with Gasteiger partial charge in [0, 0.05) is 11.4 Å². The molecule has 1 aliphatic rings. The number of carbonyl (C=O) groups is 2. The van der Waals surface area contributed by atoms with Crippen LogP contribution in [0.5, 0.6) is 0 Å². The van der Waals surface area contributed by atoms with Crippen LogP contribution in [-0.4, -0.2) is 39.8 Å². The fourth-order valence-electron chi connectivity index (χ4n) is 4.13. The molecule has 0 saturated heterocycles. The molecule has 9 heteroatoms. The molecule has 176 valence electrons. The molecule has 0 fully saturated rings. The van der Waals surface area contributed by atoms with Gasteiger partial charge in [0.05, 0.1) is 12.2 Å². The zero-order chi connectivity index (χ0) is 24.4. The van der Waals surface area contributed by atoms with Crippen molar-refractivity contribution in [3.8, 4) is 0 Å². The lowest BCUT2D eigenvalue weighted by Gasteiger charge is -2.35. The summed E-state index contributed by atoms with van der Waals surface area (Å²) in [7, 11) is 0. The number of amides is 1. The fraction of sp³-hybridized carbons (Fsp3) is 0.280. The Labute approximate surface area is 197 Å². The number of benzene rings is 2. The summed E-state index contributed by atoms with van der Waals surface area (Å²) < 4.78 is 20.5. The van der Waals surface area contributed by atoms with E-state index in [-0.39, 0.29) is 24.9 Å². The van der Waals surface area contributed by atoms with E-state index in [1.165, 1.54) is 18.5 Å². The maximum absolute atomic E-state index is 13.6. The van der Waals surface area contributed by atoms with Gasteiger partial charge < -0.3 is 15.0 Å². The summed E-state index contributed by atoms with van der Waals surface area (Å²) in [6.45, 7) is 7.48. The summed E-state index contributed by atoms with van der Waals surface area (Å²) in [5.74, 6) is -0.795. The standard InChI is InChI=1S/C25H26FN5O3/c1-5-34-24(33)22-17(4)30(13-21(32)29-20-11-6-15(2)12-16(20)3)25-27-14-28-31(25)23(22)18-7-9-19(26)10-8-18/h6-12,14,23H,5,13H2,1-4H3,(H,29,32). The predicted octanol–water partition coefficient (Wildman–Crippen LogP) is 3.92. The number of rotatable bonds is 6. The molecule has 0 saturated carbocycles. The van der Waals surface area contributed by atoms with Crippen molar-refractivity contribution in [2.75, 3.05) is 23.4 Å². The minimum atomic E-state index is -0.671. The SMILES string of the molecule is CCOC(=O)C1=C(C)N(CC(=O)Nc2ccc(C)cc2C)c2ncnn2C1c1ccc(F)cc1. The van der Waals surface area contributed by atoms with Crippen molar-refractivity contribution >= 4 is 23.5 Å². The monoisotopic (exact) mass is 463 g/mol. The number of hydrogen-bond donors (Lipinski definition) is 1. The second-order valence-corrected chi connectivity index (χ2v) is 8.13. The van der Waals surface area contributed by atoms with Crippen molar-refractivity contribution in [3.05, 3.63) is 82.6 Å². The molecule has 3 aromatic rings. The second-order valence-electron chi connectivity index (χ2n) is 8.13. The van der Waals surface area contributed by atoms with E-state index in [0.29, 0.717) is 28.5 Å². The van der Waals surface area contributed by atoms with Crippen LogP contribution in [0.15, 0.2) is 60.1 Å². The highest BCUT2D eigenvalue weighted by Gasteiger charge is 2.38. The number of hydrogen-bond acceptors (Lipinski definition) is 6. The number of carbonyl (C=O) groups excluding carboxylic acids is 2. The lowest BCUT2D eigenvalue weighted by Crippen LogP contribution is -2.41. The average molecular weight is 464 g/mol. The molecule has 0 bridgehead atoms. The third kappa shape index (κ3) is 4.41. The van der Waals surface area contributed by atoms with Crippen LogP contribution in [0.2, 0.25) is 0 Å². The van der Waals surface area contributed by atoms with Crippen molar-refractivity contribution in [2.24, 2.45) is 0 Å². The summed E-state index contributed by atoms with van der Waals surface area (Å²) in [4.78, 5) is 32.0. The van der Waals surface area contributed by atoms with Crippen LogP contribution in [-0.2, 0) is 14.3 Å². The smallest absolute Gasteiger partial charge is 0.338 e. The summed E-state index contributed by atoms with van der Waals surface area (Å²) >= 11 is 0. The molecule has 4 rings (SSSR count). The average Bonchev–Trinajstić information content (AvgIpc) is 3.27. The summed E-state index contributed by atoms with van der Waals surface area (Å²) in [6, 6.07) is 11.0. The van der Waals surface area contributed by atoms with Crippen LogP contribution in [0.1, 0.15) is 36.6 Å². The second kappa shape index (κ2) is 9.46. The summed E-state index contributed by atoms with van der Waals surface area (Å²) in [5.41, 5.74) is 4.24. The molecule has 8 nitrogen and oxygen atoms in total. The maximum Gasteiger partial charge on any atom is 0.338 e. The lowest BCUT2D eigenvalue weighted by molar-refractivity contribution is -0.139. The van der Waals surface area contributed by atoms with Gasteiger partial charge in [0.1, 0.15) is 24.7 Å². The summed E-state index contributed by atoms with van der Waals surface area (Å²) in [6.07, 6.45) is 1.36. The highest BCUT2D eigenvalue weighted by atomic mass is 19.1. The van der Waals surface area contributed by atoms with Crippen LogP contribution in [0.4, 0.5) is 16.0 Å². The Morgan fingerprint density at radius 1 is 1.12 bits per heavy atom. The molecule has 1 aromatic heterocycles. The Balaban J connectivity index is 1.72. The molecule has 1 N–H and O–H groups in total. The van der Waals surface area contributed by atoms with Gasteiger partial charge in [0.2, 0.25) is 11.9 Å². The van der Waals surface area contributed by atoms with E-state index in [9.17, 15) is 14.0 Å². The number of halogens is 1. The van der Waals surface area contributed by atoms with Crippen molar-refractivity contribution < 1.29 is 18.7 Å². The third-order valence-corrected chi connectivity index (χ3v) is 5.75. The predicted molar refractivity (Wildman–Crippen MR) is 126 cm³/mol. The van der Waals surface area contributed by atoms with Gasteiger partial charge >= 0.3 is 5.97 Å². The van der Waals surface area contributed by atoms with Crippen LogP contribution in [0.25, 0.3) is 0 Å². The molecular weight excluding hydrogens is 437 g/mol. The van der Waals surface area contributed by atoms with Gasteiger partial charge in [0.25, 0.3) is 0 Å². The zero-order valence-electron chi connectivity index (χ0n) is 19.5. The Morgan fingerprint density at radius 3 is 2.53 bits per heavy atom. The fourth-order valence-corrected chi connectivity index (χ4v) is 4.13. The number of anilines is 2. The minimum absolute atomic E-state index is 0.0864. The number of ether oxygens (including phenoxy) is 1. The van der Waals surface area contributed by atoms with Gasteiger partial charge in [-0.25, -0.2) is 13.9 Å². The van der Waals surface area contributed by atoms with E-state index in [1.807, 2.05) is 32.0 Å². The summed E-state index contributed by atoms with van der Waals surface area (Å²) in [5, 5.41) is 7.25. The van der Waals surface area contributed by atoms with E-state index in [1.54, 1.807) is 35.6 Å². The molecule has 2 aromatic carbocycles. The molecule has 1 unspecified atom stereocenters. The Hall–Kier alpha value is -4.01.